The van der Waals surface area contributed by atoms with Gasteiger partial charge in [0.15, 0.2) is 0 Å². The fourth-order valence-electron chi connectivity index (χ4n) is 1.41. The lowest BCUT2D eigenvalue weighted by Gasteiger charge is -2.17. The molecule has 0 heterocycles. The van der Waals surface area contributed by atoms with Crippen LogP contribution in [0.2, 0.25) is 0 Å². The van der Waals surface area contributed by atoms with E-state index in [-0.39, 0.29) is 5.97 Å². The Balaban J connectivity index is 3.33. The van der Waals surface area contributed by atoms with Crippen molar-refractivity contribution in [3.63, 3.8) is 0 Å². The zero-order valence-electron chi connectivity index (χ0n) is 10.4. The highest BCUT2D eigenvalue weighted by molar-refractivity contribution is 5.69. The van der Waals surface area contributed by atoms with Crippen LogP contribution in [0.5, 0.6) is 0 Å². The van der Waals surface area contributed by atoms with Crippen LogP contribution in [0.25, 0.3) is 0 Å². The molecule has 3 heteroatoms. The molecule has 0 saturated heterocycles. The Labute approximate surface area is 93.8 Å². The van der Waals surface area contributed by atoms with E-state index in [0.717, 1.165) is 38.9 Å². The summed E-state index contributed by atoms with van der Waals surface area (Å²) in [5.74, 6) is -0.0450. The summed E-state index contributed by atoms with van der Waals surface area (Å²) in [4.78, 5) is 13.5. The lowest BCUT2D eigenvalue weighted by molar-refractivity contribution is -0.143. The predicted molar refractivity (Wildman–Crippen MR) is 62.9 cm³/mol. The number of carbonyl (C=O) groups is 1. The van der Waals surface area contributed by atoms with Crippen molar-refractivity contribution in [1.29, 1.82) is 0 Å². The van der Waals surface area contributed by atoms with Gasteiger partial charge in [0.1, 0.15) is 0 Å². The van der Waals surface area contributed by atoms with E-state index >= 15 is 0 Å². The molecule has 0 aromatic rings. The minimum absolute atomic E-state index is 0.0450. The van der Waals surface area contributed by atoms with E-state index in [1.54, 1.807) is 0 Å². The second kappa shape index (κ2) is 9.97. The Morgan fingerprint density at radius 3 is 2.33 bits per heavy atom. The van der Waals surface area contributed by atoms with Crippen molar-refractivity contribution in [2.45, 2.75) is 46.5 Å². The summed E-state index contributed by atoms with van der Waals surface area (Å²) in [7, 11) is 0. The molecule has 90 valence electrons. The van der Waals surface area contributed by atoms with Gasteiger partial charge >= 0.3 is 5.97 Å². The number of ether oxygens (including phenoxy) is 1. The van der Waals surface area contributed by atoms with Gasteiger partial charge in [0.25, 0.3) is 0 Å². The molecule has 3 nitrogen and oxygen atoms in total. The van der Waals surface area contributed by atoms with Crippen molar-refractivity contribution in [2.24, 2.45) is 0 Å². The lowest BCUT2D eigenvalue weighted by Crippen LogP contribution is -2.25. The van der Waals surface area contributed by atoms with Crippen LogP contribution in [-0.2, 0) is 9.53 Å². The molecule has 0 bridgehead atoms. The van der Waals surface area contributed by atoms with E-state index in [9.17, 15) is 4.79 Å². The number of nitrogens with zero attached hydrogens (tertiary/aromatic N) is 1. The number of carbonyl (C=O) groups excluding carboxylic acids is 1. The fourth-order valence-corrected chi connectivity index (χ4v) is 1.41. The Kier molecular flexibility index (Phi) is 9.59. The first kappa shape index (κ1) is 14.4. The minimum Gasteiger partial charge on any atom is -0.466 e. The number of hydrogen-bond donors (Lipinski definition) is 0. The van der Waals surface area contributed by atoms with Crippen LogP contribution in [0, 0.1) is 0 Å². The molecule has 0 spiro atoms. The molecule has 0 N–H and O–H groups in total. The summed E-state index contributed by atoms with van der Waals surface area (Å²) in [5, 5.41) is 0. The van der Waals surface area contributed by atoms with Crippen molar-refractivity contribution in [3.8, 4) is 0 Å². The number of rotatable bonds is 9. The second-order valence-corrected chi connectivity index (χ2v) is 3.70. The average molecular weight is 215 g/mol. The van der Waals surface area contributed by atoms with Crippen molar-refractivity contribution in [3.05, 3.63) is 0 Å². The molecule has 0 aromatic heterocycles. The van der Waals surface area contributed by atoms with Crippen molar-refractivity contribution in [2.75, 3.05) is 26.2 Å². The molecule has 0 aliphatic rings. The maximum Gasteiger partial charge on any atom is 0.305 e. The monoisotopic (exact) mass is 215 g/mol. The number of hydrogen-bond acceptors (Lipinski definition) is 3. The Bertz CT molecular complexity index is 156. The topological polar surface area (TPSA) is 29.5 Å². The smallest absolute Gasteiger partial charge is 0.305 e. The standard InChI is InChI=1S/C12H25NO2/c1-4-7-9-12(14)15-11-8-10-13(5-2)6-3/h4-11H2,1-3H3. The summed E-state index contributed by atoms with van der Waals surface area (Å²) < 4.78 is 5.12. The highest BCUT2D eigenvalue weighted by Crippen LogP contribution is 1.98. The quantitative estimate of drug-likeness (QED) is 0.437. The molecule has 0 fully saturated rings. The lowest BCUT2D eigenvalue weighted by atomic mass is 10.2. The van der Waals surface area contributed by atoms with Gasteiger partial charge in [0.05, 0.1) is 6.61 Å². The molecule has 0 rings (SSSR count). The van der Waals surface area contributed by atoms with Crippen LogP contribution >= 0.6 is 0 Å². The summed E-state index contributed by atoms with van der Waals surface area (Å²) in [6, 6.07) is 0. The van der Waals surface area contributed by atoms with Crippen LogP contribution in [0.1, 0.15) is 46.5 Å². The number of unbranched alkanes of at least 4 members (excludes halogenated alkanes) is 1. The van der Waals surface area contributed by atoms with E-state index in [0.29, 0.717) is 13.0 Å². The van der Waals surface area contributed by atoms with Gasteiger partial charge in [-0.1, -0.05) is 27.2 Å². The van der Waals surface area contributed by atoms with Gasteiger partial charge in [0.2, 0.25) is 0 Å². The van der Waals surface area contributed by atoms with Crippen LogP contribution < -0.4 is 0 Å². The van der Waals surface area contributed by atoms with Crippen LogP contribution in [0.15, 0.2) is 0 Å². The Morgan fingerprint density at radius 2 is 1.80 bits per heavy atom. The first-order valence-corrected chi connectivity index (χ1v) is 6.12. The van der Waals surface area contributed by atoms with E-state index in [1.807, 2.05) is 0 Å². The summed E-state index contributed by atoms with van der Waals surface area (Å²) in [6.45, 7) is 10.1. The van der Waals surface area contributed by atoms with Gasteiger partial charge in [-0.15, -0.1) is 0 Å². The molecule has 0 unspecified atom stereocenters. The summed E-state index contributed by atoms with van der Waals surface area (Å²) >= 11 is 0. The first-order chi connectivity index (χ1) is 7.24. The first-order valence-electron chi connectivity index (χ1n) is 6.12. The molecule has 0 saturated carbocycles. The molecule has 0 radical (unpaired) electrons. The van der Waals surface area contributed by atoms with Crippen LogP contribution in [0.4, 0.5) is 0 Å². The third-order valence-electron chi connectivity index (χ3n) is 2.51. The zero-order chi connectivity index (χ0) is 11.5. The molecule has 15 heavy (non-hydrogen) atoms. The van der Waals surface area contributed by atoms with Gasteiger partial charge in [-0.3, -0.25) is 4.79 Å². The maximum atomic E-state index is 11.1. The van der Waals surface area contributed by atoms with Crippen LogP contribution in [0.3, 0.4) is 0 Å². The third-order valence-corrected chi connectivity index (χ3v) is 2.51. The Morgan fingerprint density at radius 1 is 1.13 bits per heavy atom. The minimum atomic E-state index is -0.0450. The molecule has 0 amide bonds. The average Bonchev–Trinajstić information content (AvgIpc) is 2.26. The van der Waals surface area contributed by atoms with E-state index in [1.165, 1.54) is 0 Å². The van der Waals surface area contributed by atoms with Crippen molar-refractivity contribution < 1.29 is 9.53 Å². The van der Waals surface area contributed by atoms with Crippen molar-refractivity contribution in [1.82, 2.24) is 4.90 Å². The largest absolute Gasteiger partial charge is 0.466 e. The van der Waals surface area contributed by atoms with Gasteiger partial charge in [-0.05, 0) is 25.9 Å². The van der Waals surface area contributed by atoms with Gasteiger partial charge in [-0.2, -0.15) is 0 Å². The third kappa shape index (κ3) is 8.43. The van der Waals surface area contributed by atoms with Crippen molar-refractivity contribution >= 4 is 5.97 Å². The number of esters is 1. The van der Waals surface area contributed by atoms with Gasteiger partial charge < -0.3 is 9.64 Å². The van der Waals surface area contributed by atoms with E-state index < -0.39 is 0 Å². The second-order valence-electron chi connectivity index (χ2n) is 3.70. The summed E-state index contributed by atoms with van der Waals surface area (Å²) in [6.07, 6.45) is 3.50. The normalized spacial score (nSPS) is 10.7. The molecule has 0 aromatic carbocycles. The van der Waals surface area contributed by atoms with Crippen LogP contribution in [-0.4, -0.2) is 37.1 Å². The molecule has 0 aliphatic carbocycles. The zero-order valence-corrected chi connectivity index (χ0v) is 10.4. The molecule has 0 aliphatic heterocycles. The summed E-state index contributed by atoms with van der Waals surface area (Å²) in [5.41, 5.74) is 0. The Hall–Kier alpha value is -0.570. The highest BCUT2D eigenvalue weighted by atomic mass is 16.5. The van der Waals surface area contributed by atoms with Gasteiger partial charge in [0, 0.05) is 13.0 Å². The van der Waals surface area contributed by atoms with Gasteiger partial charge in [-0.25, -0.2) is 0 Å². The molecular weight excluding hydrogens is 190 g/mol. The highest BCUT2D eigenvalue weighted by Gasteiger charge is 2.02. The SMILES string of the molecule is CCCCC(=O)OCCCN(CC)CC. The predicted octanol–water partition coefficient (Wildman–Crippen LogP) is 2.45. The maximum absolute atomic E-state index is 11.1. The van der Waals surface area contributed by atoms with E-state index in [2.05, 4.69) is 25.7 Å². The van der Waals surface area contributed by atoms with E-state index in [4.69, 9.17) is 4.74 Å². The molecule has 0 atom stereocenters. The fraction of sp³-hybridized carbons (Fsp3) is 0.917. The molecular formula is C12H25NO2.